The maximum Gasteiger partial charge on any atom is 0.222 e. The third-order valence-electron chi connectivity index (χ3n) is 4.67. The van der Waals surface area contributed by atoms with Gasteiger partial charge in [0.25, 0.3) is 0 Å². The molecule has 1 heterocycles. The summed E-state index contributed by atoms with van der Waals surface area (Å²) in [7, 11) is 0. The van der Waals surface area contributed by atoms with Crippen molar-refractivity contribution in [1.82, 2.24) is 15.5 Å². The SMILES string of the molecule is CC(=O)NCCC(=O)N[C@H]1CCCN(Cc2ccc(CC(C)C)cc2)C1. The third-order valence-corrected chi connectivity index (χ3v) is 4.67. The van der Waals surface area contributed by atoms with Gasteiger partial charge in [-0.15, -0.1) is 0 Å². The molecule has 1 fully saturated rings. The predicted octanol–water partition coefficient (Wildman–Crippen LogP) is 2.49. The van der Waals surface area contributed by atoms with Crippen molar-refractivity contribution in [2.45, 2.75) is 59.0 Å². The Morgan fingerprint density at radius 3 is 2.54 bits per heavy atom. The number of carbonyl (C=O) groups is 2. The van der Waals surface area contributed by atoms with Gasteiger partial charge in [-0.05, 0) is 42.9 Å². The monoisotopic (exact) mass is 359 g/mol. The van der Waals surface area contributed by atoms with Gasteiger partial charge >= 0.3 is 0 Å². The van der Waals surface area contributed by atoms with E-state index >= 15 is 0 Å². The largest absolute Gasteiger partial charge is 0.356 e. The zero-order valence-electron chi connectivity index (χ0n) is 16.4. The lowest BCUT2D eigenvalue weighted by molar-refractivity contribution is -0.122. The molecule has 5 nitrogen and oxygen atoms in total. The molecule has 1 aromatic carbocycles. The topological polar surface area (TPSA) is 61.4 Å². The molecule has 0 spiro atoms. The Labute approximate surface area is 157 Å². The van der Waals surface area contributed by atoms with Gasteiger partial charge < -0.3 is 10.6 Å². The molecule has 0 unspecified atom stereocenters. The molecule has 1 aliphatic rings. The summed E-state index contributed by atoms with van der Waals surface area (Å²) in [5.41, 5.74) is 2.72. The highest BCUT2D eigenvalue weighted by Gasteiger charge is 2.21. The number of hydrogen-bond donors (Lipinski definition) is 2. The van der Waals surface area contributed by atoms with Crippen LogP contribution in [0.4, 0.5) is 0 Å². The fourth-order valence-electron chi connectivity index (χ4n) is 3.48. The van der Waals surface area contributed by atoms with Crippen LogP contribution in [0.5, 0.6) is 0 Å². The van der Waals surface area contributed by atoms with Gasteiger partial charge in [-0.25, -0.2) is 0 Å². The summed E-state index contributed by atoms with van der Waals surface area (Å²) in [4.78, 5) is 25.3. The van der Waals surface area contributed by atoms with Gasteiger partial charge in [0.1, 0.15) is 0 Å². The summed E-state index contributed by atoms with van der Waals surface area (Å²) in [6, 6.07) is 9.13. The maximum absolute atomic E-state index is 12.0. The van der Waals surface area contributed by atoms with E-state index in [-0.39, 0.29) is 17.9 Å². The Kier molecular flexibility index (Phi) is 8.10. The lowest BCUT2D eigenvalue weighted by Crippen LogP contribution is -2.47. The fraction of sp³-hybridized carbons (Fsp3) is 0.619. The summed E-state index contributed by atoms with van der Waals surface area (Å²) in [5, 5.41) is 5.77. The molecule has 2 rings (SSSR count). The van der Waals surface area contributed by atoms with Crippen LogP contribution in [0.15, 0.2) is 24.3 Å². The first-order valence-electron chi connectivity index (χ1n) is 9.76. The van der Waals surface area contributed by atoms with Crippen LogP contribution in [0.3, 0.4) is 0 Å². The Hall–Kier alpha value is -1.88. The highest BCUT2D eigenvalue weighted by molar-refractivity contribution is 5.78. The molecule has 1 aliphatic heterocycles. The van der Waals surface area contributed by atoms with E-state index < -0.39 is 0 Å². The molecule has 1 atom stereocenters. The number of nitrogens with one attached hydrogen (secondary N) is 2. The average molecular weight is 360 g/mol. The summed E-state index contributed by atoms with van der Waals surface area (Å²) >= 11 is 0. The minimum absolute atomic E-state index is 0.0173. The molecular weight excluding hydrogens is 326 g/mol. The number of nitrogens with zero attached hydrogens (tertiary/aromatic N) is 1. The van der Waals surface area contributed by atoms with Crippen molar-refractivity contribution in [2.24, 2.45) is 5.92 Å². The Bertz CT molecular complexity index is 583. The summed E-state index contributed by atoms with van der Waals surface area (Å²) < 4.78 is 0. The van der Waals surface area contributed by atoms with Gasteiger partial charge in [-0.1, -0.05) is 38.1 Å². The minimum Gasteiger partial charge on any atom is -0.356 e. The smallest absolute Gasteiger partial charge is 0.222 e. The van der Waals surface area contributed by atoms with E-state index in [1.165, 1.54) is 18.1 Å². The quantitative estimate of drug-likeness (QED) is 0.750. The molecule has 0 aliphatic carbocycles. The number of amides is 2. The van der Waals surface area contributed by atoms with Gasteiger partial charge in [-0.2, -0.15) is 0 Å². The number of piperidine rings is 1. The number of likely N-dealkylation sites (tertiary alicyclic amines) is 1. The average Bonchev–Trinajstić information content (AvgIpc) is 2.56. The Balaban J connectivity index is 1.77. The second kappa shape index (κ2) is 10.3. The van der Waals surface area contributed by atoms with Crippen molar-refractivity contribution < 1.29 is 9.59 Å². The van der Waals surface area contributed by atoms with Crippen LogP contribution in [-0.4, -0.2) is 42.4 Å². The van der Waals surface area contributed by atoms with Crippen LogP contribution in [0.1, 0.15) is 51.2 Å². The van der Waals surface area contributed by atoms with E-state index in [0.29, 0.717) is 18.9 Å². The standard InChI is InChI=1S/C21H33N3O2/c1-16(2)13-18-6-8-19(9-7-18)14-24-12-4-5-20(15-24)23-21(26)10-11-22-17(3)25/h6-9,16,20H,4-5,10-15H2,1-3H3,(H,22,25)(H,23,26)/t20-/m0/s1. The first kappa shape index (κ1) is 20.4. The van der Waals surface area contributed by atoms with E-state index in [2.05, 4.69) is 53.6 Å². The third kappa shape index (κ3) is 7.56. The first-order valence-corrected chi connectivity index (χ1v) is 9.76. The molecule has 2 N–H and O–H groups in total. The number of rotatable bonds is 8. The molecule has 1 aromatic rings. The number of hydrogen-bond acceptors (Lipinski definition) is 3. The minimum atomic E-state index is -0.0962. The van der Waals surface area contributed by atoms with Crippen molar-refractivity contribution in [1.29, 1.82) is 0 Å². The van der Waals surface area contributed by atoms with Gasteiger partial charge in [-0.3, -0.25) is 14.5 Å². The number of benzene rings is 1. The summed E-state index contributed by atoms with van der Waals surface area (Å²) in [6.07, 6.45) is 3.59. The van der Waals surface area contributed by atoms with E-state index in [1.54, 1.807) is 0 Å². The van der Waals surface area contributed by atoms with E-state index in [4.69, 9.17) is 0 Å². The Morgan fingerprint density at radius 1 is 1.19 bits per heavy atom. The van der Waals surface area contributed by atoms with Crippen molar-refractivity contribution >= 4 is 11.8 Å². The van der Waals surface area contributed by atoms with Crippen molar-refractivity contribution in [3.8, 4) is 0 Å². The predicted molar refractivity (Wildman–Crippen MR) is 105 cm³/mol. The Morgan fingerprint density at radius 2 is 1.88 bits per heavy atom. The molecule has 5 heteroatoms. The van der Waals surface area contributed by atoms with Crippen LogP contribution in [0.2, 0.25) is 0 Å². The lowest BCUT2D eigenvalue weighted by Gasteiger charge is -2.33. The molecule has 0 aromatic heterocycles. The van der Waals surface area contributed by atoms with Gasteiger partial charge in [0.2, 0.25) is 11.8 Å². The zero-order chi connectivity index (χ0) is 18.9. The van der Waals surface area contributed by atoms with Crippen LogP contribution in [0.25, 0.3) is 0 Å². The summed E-state index contributed by atoms with van der Waals surface area (Å²) in [6.45, 7) is 9.25. The van der Waals surface area contributed by atoms with E-state index in [0.717, 1.165) is 38.9 Å². The van der Waals surface area contributed by atoms with Gasteiger partial charge in [0, 0.05) is 39.0 Å². The molecule has 144 valence electrons. The van der Waals surface area contributed by atoms with Crippen molar-refractivity contribution in [2.75, 3.05) is 19.6 Å². The molecule has 2 amide bonds. The van der Waals surface area contributed by atoms with Crippen LogP contribution >= 0.6 is 0 Å². The summed E-state index contributed by atoms with van der Waals surface area (Å²) in [5.74, 6) is 0.600. The zero-order valence-corrected chi connectivity index (χ0v) is 16.4. The maximum atomic E-state index is 12.0. The molecule has 0 saturated carbocycles. The van der Waals surface area contributed by atoms with Gasteiger partial charge in [0.15, 0.2) is 0 Å². The highest BCUT2D eigenvalue weighted by Crippen LogP contribution is 2.15. The van der Waals surface area contributed by atoms with E-state index in [9.17, 15) is 9.59 Å². The van der Waals surface area contributed by atoms with Gasteiger partial charge in [0.05, 0.1) is 0 Å². The van der Waals surface area contributed by atoms with Crippen LogP contribution < -0.4 is 10.6 Å². The first-order chi connectivity index (χ1) is 12.4. The molecular formula is C21H33N3O2. The molecule has 26 heavy (non-hydrogen) atoms. The van der Waals surface area contributed by atoms with Crippen molar-refractivity contribution in [3.05, 3.63) is 35.4 Å². The molecule has 1 saturated heterocycles. The molecule has 0 radical (unpaired) electrons. The second-order valence-corrected chi connectivity index (χ2v) is 7.79. The second-order valence-electron chi connectivity index (χ2n) is 7.79. The van der Waals surface area contributed by atoms with Crippen LogP contribution in [0, 0.1) is 5.92 Å². The van der Waals surface area contributed by atoms with Crippen molar-refractivity contribution in [3.63, 3.8) is 0 Å². The molecule has 0 bridgehead atoms. The normalized spacial score (nSPS) is 17.9. The van der Waals surface area contributed by atoms with E-state index in [1.807, 2.05) is 0 Å². The lowest BCUT2D eigenvalue weighted by atomic mass is 10.0. The highest BCUT2D eigenvalue weighted by atomic mass is 16.2. The number of carbonyl (C=O) groups excluding carboxylic acids is 2. The van der Waals surface area contributed by atoms with Crippen LogP contribution in [-0.2, 0) is 22.6 Å². The fourth-order valence-corrected chi connectivity index (χ4v) is 3.48.